The lowest BCUT2D eigenvalue weighted by Crippen LogP contribution is -2.51. The molecule has 0 bridgehead atoms. The Morgan fingerprint density at radius 3 is 2.24 bits per heavy atom. The van der Waals surface area contributed by atoms with E-state index >= 15 is 0 Å². The van der Waals surface area contributed by atoms with Crippen LogP contribution in [0.3, 0.4) is 0 Å². The molecule has 0 radical (unpaired) electrons. The summed E-state index contributed by atoms with van der Waals surface area (Å²) in [6.07, 6.45) is -3.80. The first-order chi connectivity index (χ1) is 17.5. The van der Waals surface area contributed by atoms with Crippen LogP contribution in [0.5, 0.6) is 0 Å². The average molecular weight is 596 g/mol. The molecule has 1 heterocycles. The summed E-state index contributed by atoms with van der Waals surface area (Å²) in [7, 11) is 1.24. The largest absolute Gasteiger partial charge is 0.633 e. The molecule has 1 aliphatic rings. The van der Waals surface area contributed by atoms with Gasteiger partial charge >= 0.3 is 6.18 Å². The summed E-state index contributed by atoms with van der Waals surface area (Å²) in [5, 5.41) is 13.1. The van der Waals surface area contributed by atoms with E-state index in [1.54, 1.807) is 0 Å². The van der Waals surface area contributed by atoms with Crippen LogP contribution in [0.2, 0.25) is 10.0 Å². The Morgan fingerprint density at radius 2 is 1.71 bits per heavy atom. The topological polar surface area (TPSA) is 80.8 Å². The van der Waals surface area contributed by atoms with Gasteiger partial charge in [-0.15, -0.1) is 0 Å². The van der Waals surface area contributed by atoms with Crippen LogP contribution >= 0.6 is 23.2 Å². The van der Waals surface area contributed by atoms with Gasteiger partial charge in [0.1, 0.15) is 6.54 Å². The molecular weight excluding hydrogens is 566 g/mol. The molecular formula is C25H30Cl2F3N3O4S. The number of hydrogen-bond acceptors (Lipinski definition) is 5. The summed E-state index contributed by atoms with van der Waals surface area (Å²) in [6.45, 7) is 1.23. The Hall–Kier alpha value is -1.89. The smallest absolute Gasteiger partial charge is 0.416 e. The molecule has 0 N–H and O–H groups in total. The molecule has 7 nitrogen and oxygen atoms in total. The number of anilines is 1. The number of benzene rings is 2. The Bertz CT molecular complexity index is 1310. The van der Waals surface area contributed by atoms with Gasteiger partial charge in [-0.2, -0.15) is 13.2 Å². The third-order valence-electron chi connectivity index (χ3n) is 6.97. The Labute approximate surface area is 230 Å². The van der Waals surface area contributed by atoms with E-state index in [9.17, 15) is 31.6 Å². The molecule has 210 valence electrons. The molecule has 1 amide bonds. The number of piperidine rings is 1. The number of hydrogen-bond donors (Lipinski definition) is 0. The number of carbonyl (C=O) groups is 1. The first-order valence-corrected chi connectivity index (χ1v) is 14.3. The molecule has 0 aliphatic carbocycles. The monoisotopic (exact) mass is 595 g/mol. The van der Waals surface area contributed by atoms with Crippen molar-refractivity contribution < 1.29 is 31.0 Å². The highest BCUT2D eigenvalue weighted by atomic mass is 35.5. The zero-order valence-electron chi connectivity index (χ0n) is 21.5. The summed E-state index contributed by atoms with van der Waals surface area (Å²) in [6, 6.07) is 5.78. The predicted molar refractivity (Wildman–Crippen MR) is 142 cm³/mol. The number of nitrogens with zero attached hydrogens (tertiary/aromatic N) is 3. The molecule has 1 fully saturated rings. The number of alkyl halides is 3. The van der Waals surface area contributed by atoms with Gasteiger partial charge in [0.2, 0.25) is 0 Å². The number of amides is 1. The van der Waals surface area contributed by atoms with Crippen molar-refractivity contribution in [2.75, 3.05) is 44.9 Å². The van der Waals surface area contributed by atoms with Crippen molar-refractivity contribution >= 4 is 44.6 Å². The summed E-state index contributed by atoms with van der Waals surface area (Å²) >= 11 is 12.3. The molecule has 3 rings (SSSR count). The maximum absolute atomic E-state index is 14.2. The normalized spacial score (nSPS) is 20.6. The van der Waals surface area contributed by atoms with Crippen molar-refractivity contribution in [2.45, 2.75) is 43.4 Å². The number of quaternary nitrogens is 1. The quantitative estimate of drug-likeness (QED) is 0.306. The van der Waals surface area contributed by atoms with E-state index in [1.807, 2.05) is 19.0 Å². The lowest BCUT2D eigenvalue weighted by atomic mass is 9.99. The van der Waals surface area contributed by atoms with Crippen LogP contribution < -0.4 is 4.90 Å². The van der Waals surface area contributed by atoms with E-state index in [4.69, 9.17) is 23.2 Å². The van der Waals surface area contributed by atoms with Crippen LogP contribution in [-0.4, -0.2) is 69.9 Å². The number of hydroxylamine groups is 3. The zero-order chi connectivity index (χ0) is 28.6. The molecule has 2 aromatic carbocycles. The fourth-order valence-electron chi connectivity index (χ4n) is 4.64. The van der Waals surface area contributed by atoms with Gasteiger partial charge in [-0.3, -0.25) is 4.79 Å². The molecule has 1 saturated heterocycles. The van der Waals surface area contributed by atoms with Crippen molar-refractivity contribution in [3.8, 4) is 0 Å². The van der Waals surface area contributed by atoms with E-state index < -0.39 is 44.2 Å². The highest BCUT2D eigenvalue weighted by Gasteiger charge is 2.39. The number of likely N-dealkylation sites (tertiary alicyclic amines) is 1. The molecule has 0 atom stereocenters. The second-order valence-corrected chi connectivity index (χ2v) is 12.8. The molecule has 1 aliphatic heterocycles. The van der Waals surface area contributed by atoms with Crippen molar-refractivity contribution in [3.63, 3.8) is 0 Å². The van der Waals surface area contributed by atoms with Gasteiger partial charge in [0.05, 0.1) is 40.0 Å². The van der Waals surface area contributed by atoms with Crippen LogP contribution in [0.1, 0.15) is 41.3 Å². The van der Waals surface area contributed by atoms with E-state index in [0.29, 0.717) is 18.9 Å². The summed E-state index contributed by atoms with van der Waals surface area (Å²) in [5.74, 6) is -1.18. The first kappa shape index (κ1) is 30.6. The van der Waals surface area contributed by atoms with Gasteiger partial charge in [0.15, 0.2) is 9.84 Å². The molecule has 13 heteroatoms. The Morgan fingerprint density at radius 1 is 1.11 bits per heavy atom. The maximum Gasteiger partial charge on any atom is 0.416 e. The van der Waals surface area contributed by atoms with E-state index in [-0.39, 0.29) is 51.1 Å². The van der Waals surface area contributed by atoms with Gasteiger partial charge in [-0.25, -0.2) is 8.42 Å². The summed E-state index contributed by atoms with van der Waals surface area (Å²) < 4.78 is 66.8. The van der Waals surface area contributed by atoms with Gasteiger partial charge in [-0.05, 0) is 44.4 Å². The minimum atomic E-state index is -4.89. The minimum absolute atomic E-state index is 0.0778. The van der Waals surface area contributed by atoms with Crippen molar-refractivity contribution in [1.82, 2.24) is 4.90 Å². The van der Waals surface area contributed by atoms with Crippen molar-refractivity contribution in [3.05, 3.63) is 62.3 Å². The van der Waals surface area contributed by atoms with Gasteiger partial charge < -0.3 is 19.7 Å². The van der Waals surface area contributed by atoms with Crippen LogP contribution in [0.15, 0.2) is 35.2 Å². The highest BCUT2D eigenvalue weighted by molar-refractivity contribution is 7.91. The zero-order valence-corrected chi connectivity index (χ0v) is 23.8. The standard InChI is InChI=1S/C25H30Cl2F3N3O4S/c1-5-38(36,37)23-7-6-17(26)14-22(23)32(4)24(34)16-12-20(25(28,29)30)19(21(27)13-16)15-33(35)10-8-18(9-11-33)31(2)3/h6-7,12-14,18H,5,8-11,15H2,1-4H3. The Balaban J connectivity index is 2.01. The SMILES string of the molecule is CCS(=O)(=O)c1ccc(Cl)cc1N(C)C(=O)c1cc(Cl)c(C[N+]2([O-])CCC(N(C)C)CC2)c(C(F)(F)F)c1. The number of rotatable bonds is 7. The molecule has 0 unspecified atom stereocenters. The predicted octanol–water partition coefficient (Wildman–Crippen LogP) is 5.62. The van der Waals surface area contributed by atoms with Crippen LogP contribution in [0.25, 0.3) is 0 Å². The maximum atomic E-state index is 14.2. The van der Waals surface area contributed by atoms with Crippen LogP contribution in [-0.2, 0) is 22.6 Å². The fourth-order valence-corrected chi connectivity index (χ4v) is 6.18. The van der Waals surface area contributed by atoms with Crippen LogP contribution in [0, 0.1) is 5.21 Å². The second-order valence-electron chi connectivity index (χ2n) is 9.72. The third-order valence-corrected chi connectivity index (χ3v) is 9.31. The lowest BCUT2D eigenvalue weighted by molar-refractivity contribution is -0.899. The van der Waals surface area contributed by atoms with E-state index in [1.165, 1.54) is 32.2 Å². The van der Waals surface area contributed by atoms with Crippen molar-refractivity contribution in [1.29, 1.82) is 0 Å². The number of halogens is 5. The second kappa shape index (κ2) is 11.3. The van der Waals surface area contributed by atoms with E-state index in [2.05, 4.69) is 0 Å². The van der Waals surface area contributed by atoms with Crippen molar-refractivity contribution in [2.24, 2.45) is 0 Å². The summed E-state index contributed by atoms with van der Waals surface area (Å²) in [5.41, 5.74) is -2.02. The molecule has 0 spiro atoms. The van der Waals surface area contributed by atoms with Gasteiger partial charge in [-0.1, -0.05) is 30.1 Å². The lowest BCUT2D eigenvalue weighted by Gasteiger charge is -2.48. The van der Waals surface area contributed by atoms with E-state index in [0.717, 1.165) is 11.0 Å². The highest BCUT2D eigenvalue weighted by Crippen LogP contribution is 2.39. The summed E-state index contributed by atoms with van der Waals surface area (Å²) in [4.78, 5) is 16.0. The molecule has 38 heavy (non-hydrogen) atoms. The van der Waals surface area contributed by atoms with Crippen LogP contribution in [0.4, 0.5) is 18.9 Å². The molecule has 0 saturated carbocycles. The van der Waals surface area contributed by atoms with Gasteiger partial charge in [0, 0.05) is 42.1 Å². The average Bonchev–Trinajstić information content (AvgIpc) is 2.83. The number of carbonyl (C=O) groups excluding carboxylic acids is 1. The number of sulfone groups is 1. The first-order valence-electron chi connectivity index (χ1n) is 11.9. The third kappa shape index (κ3) is 6.63. The molecule has 2 aromatic rings. The molecule has 0 aromatic heterocycles. The minimum Gasteiger partial charge on any atom is -0.633 e. The van der Waals surface area contributed by atoms with Gasteiger partial charge in [0.25, 0.3) is 5.91 Å². The Kier molecular flexibility index (Phi) is 9.12. The fraction of sp³-hybridized carbons (Fsp3) is 0.480.